The first-order valence-corrected chi connectivity index (χ1v) is 10.2. The van der Waals surface area contributed by atoms with Gasteiger partial charge in [0.05, 0.1) is 10.2 Å². The summed E-state index contributed by atoms with van der Waals surface area (Å²) in [4.78, 5) is 25.8. The van der Waals surface area contributed by atoms with Crippen molar-refractivity contribution in [3.63, 3.8) is 0 Å². The molecule has 0 atom stereocenters. The molecule has 0 aliphatic rings. The number of carbonyl (C=O) groups is 1. The molecule has 7 nitrogen and oxygen atoms in total. The van der Waals surface area contributed by atoms with Gasteiger partial charge in [0.1, 0.15) is 6.33 Å². The smallest absolute Gasteiger partial charge is 0.252 e. The second-order valence-electron chi connectivity index (χ2n) is 6.93. The molecule has 5 aromatic rings. The molecule has 144 valence electrons. The lowest BCUT2D eigenvalue weighted by molar-refractivity contribution is -0.116. The third-order valence-electron chi connectivity index (χ3n) is 5.12. The molecule has 5 rings (SSSR count). The van der Waals surface area contributed by atoms with Crippen molar-refractivity contribution in [1.82, 2.24) is 24.6 Å². The zero-order valence-electron chi connectivity index (χ0n) is 16.0. The highest BCUT2D eigenvalue weighted by molar-refractivity contribution is 7.22. The minimum absolute atomic E-state index is 0.0640. The Morgan fingerprint density at radius 2 is 2.00 bits per heavy atom. The highest BCUT2D eigenvalue weighted by Crippen LogP contribution is 2.31. The molecule has 0 unspecified atom stereocenters. The number of carbonyl (C=O) groups excluding carboxylic acids is 1. The normalized spacial score (nSPS) is 11.5. The summed E-state index contributed by atoms with van der Waals surface area (Å²) in [7, 11) is 0. The van der Waals surface area contributed by atoms with E-state index in [1.54, 1.807) is 4.52 Å². The number of aryl methyl sites for hydroxylation is 2. The molecule has 0 bridgehead atoms. The van der Waals surface area contributed by atoms with Crippen LogP contribution in [0.1, 0.15) is 23.4 Å². The van der Waals surface area contributed by atoms with Crippen LogP contribution in [0.3, 0.4) is 0 Å². The molecule has 2 aromatic carbocycles. The van der Waals surface area contributed by atoms with Crippen LogP contribution in [-0.4, -0.2) is 30.5 Å². The number of aromatic nitrogens is 5. The molecule has 0 saturated heterocycles. The fraction of sp³-hybridized carbons (Fsp3) is 0.190. The lowest BCUT2D eigenvalue weighted by Gasteiger charge is -2.10. The van der Waals surface area contributed by atoms with Crippen LogP contribution in [0.2, 0.25) is 0 Å². The number of hydrogen-bond acceptors (Lipinski definition) is 6. The number of fused-ring (bicyclic) bond motifs is 4. The van der Waals surface area contributed by atoms with Gasteiger partial charge >= 0.3 is 0 Å². The van der Waals surface area contributed by atoms with Crippen molar-refractivity contribution < 1.29 is 4.79 Å². The van der Waals surface area contributed by atoms with Gasteiger partial charge in [-0.15, -0.1) is 0 Å². The molecule has 3 aromatic heterocycles. The Hall–Kier alpha value is -3.39. The molecule has 0 radical (unpaired) electrons. The summed E-state index contributed by atoms with van der Waals surface area (Å²) in [6, 6.07) is 12.3. The number of anilines is 1. The second kappa shape index (κ2) is 6.89. The molecule has 1 N–H and O–H groups in total. The highest BCUT2D eigenvalue weighted by Gasteiger charge is 2.14. The maximum absolute atomic E-state index is 12.6. The van der Waals surface area contributed by atoms with Gasteiger partial charge < -0.3 is 5.32 Å². The molecule has 29 heavy (non-hydrogen) atoms. The van der Waals surface area contributed by atoms with Gasteiger partial charge in [0.2, 0.25) is 5.91 Å². The van der Waals surface area contributed by atoms with Crippen molar-refractivity contribution in [1.29, 1.82) is 0 Å². The minimum atomic E-state index is -0.0640. The number of nitrogens with zero attached hydrogens (tertiary/aromatic N) is 5. The number of hydrogen-bond donors (Lipinski definition) is 1. The van der Waals surface area contributed by atoms with Gasteiger partial charge in [-0.2, -0.15) is 10.1 Å². The zero-order valence-corrected chi connectivity index (χ0v) is 16.8. The van der Waals surface area contributed by atoms with Gasteiger partial charge in [-0.05, 0) is 37.3 Å². The summed E-state index contributed by atoms with van der Waals surface area (Å²) in [6.45, 7) is 3.91. The Balaban J connectivity index is 1.35. The fourth-order valence-electron chi connectivity index (χ4n) is 3.65. The predicted octanol–water partition coefficient (Wildman–Crippen LogP) is 4.08. The van der Waals surface area contributed by atoms with Crippen molar-refractivity contribution in [3.8, 4) is 0 Å². The number of nitrogens with one attached hydrogen (secondary N) is 1. The third kappa shape index (κ3) is 3.11. The topological polar surface area (TPSA) is 85.1 Å². The molecular weight excluding hydrogens is 384 g/mol. The van der Waals surface area contributed by atoms with Crippen LogP contribution in [0, 0.1) is 13.8 Å². The second-order valence-corrected chi connectivity index (χ2v) is 7.96. The Kier molecular flexibility index (Phi) is 4.21. The average molecular weight is 402 g/mol. The summed E-state index contributed by atoms with van der Waals surface area (Å²) in [5.41, 5.74) is 3.79. The van der Waals surface area contributed by atoms with Gasteiger partial charge in [-0.25, -0.2) is 14.5 Å². The Labute approximate surface area is 170 Å². The van der Waals surface area contributed by atoms with Crippen LogP contribution >= 0.6 is 11.3 Å². The minimum Gasteiger partial charge on any atom is -0.302 e. The predicted molar refractivity (Wildman–Crippen MR) is 114 cm³/mol. The Morgan fingerprint density at radius 3 is 2.90 bits per heavy atom. The van der Waals surface area contributed by atoms with Gasteiger partial charge in [0, 0.05) is 23.2 Å². The SMILES string of the molecule is Cc1nc2ncnn2c(C)c1CCC(=O)Nc1nc2c(ccc3ccccc32)s1. The molecule has 0 aliphatic heterocycles. The van der Waals surface area contributed by atoms with E-state index in [1.165, 1.54) is 17.7 Å². The van der Waals surface area contributed by atoms with E-state index >= 15 is 0 Å². The first-order chi connectivity index (χ1) is 14.1. The van der Waals surface area contributed by atoms with E-state index in [0.29, 0.717) is 23.8 Å². The molecular formula is C21H18N6OS. The van der Waals surface area contributed by atoms with Gasteiger partial charge in [-0.3, -0.25) is 4.79 Å². The largest absolute Gasteiger partial charge is 0.302 e. The number of rotatable bonds is 4. The molecule has 8 heteroatoms. The van der Waals surface area contributed by atoms with E-state index in [9.17, 15) is 4.79 Å². The van der Waals surface area contributed by atoms with E-state index in [2.05, 4.69) is 49.6 Å². The zero-order chi connectivity index (χ0) is 20.0. The van der Waals surface area contributed by atoms with Gasteiger partial charge in [0.25, 0.3) is 5.78 Å². The molecule has 0 saturated carbocycles. The standard InChI is InChI=1S/C21H18N6OS/c1-12-15(13(2)27-20(24-12)22-11-23-27)8-10-18(28)25-21-26-19-16-6-4-3-5-14(16)7-9-17(19)29-21/h3-7,9,11H,8,10H2,1-2H3,(H,25,26,28). The summed E-state index contributed by atoms with van der Waals surface area (Å²) in [5, 5.41) is 10.0. The lowest BCUT2D eigenvalue weighted by atomic mass is 10.1. The number of amides is 1. The first-order valence-electron chi connectivity index (χ1n) is 9.34. The number of thiazole rings is 1. The molecule has 0 fully saturated rings. The van der Waals surface area contributed by atoms with E-state index in [4.69, 9.17) is 0 Å². The average Bonchev–Trinajstić information content (AvgIpc) is 3.34. The van der Waals surface area contributed by atoms with E-state index < -0.39 is 0 Å². The van der Waals surface area contributed by atoms with Crippen LogP contribution in [-0.2, 0) is 11.2 Å². The molecule has 3 heterocycles. The van der Waals surface area contributed by atoms with Crippen molar-refractivity contribution in [2.45, 2.75) is 26.7 Å². The summed E-state index contributed by atoms with van der Waals surface area (Å²) in [5.74, 6) is 0.515. The monoisotopic (exact) mass is 402 g/mol. The van der Waals surface area contributed by atoms with Crippen LogP contribution in [0.5, 0.6) is 0 Å². The fourth-order valence-corrected chi connectivity index (χ4v) is 4.55. The van der Waals surface area contributed by atoms with Crippen LogP contribution in [0.4, 0.5) is 5.13 Å². The maximum atomic E-state index is 12.6. The van der Waals surface area contributed by atoms with E-state index in [-0.39, 0.29) is 5.91 Å². The first kappa shape index (κ1) is 17.7. The van der Waals surface area contributed by atoms with Crippen molar-refractivity contribution >= 4 is 49.1 Å². The Bertz CT molecular complexity index is 1390. The maximum Gasteiger partial charge on any atom is 0.252 e. The van der Waals surface area contributed by atoms with Gasteiger partial charge in [0.15, 0.2) is 5.13 Å². The lowest BCUT2D eigenvalue weighted by Crippen LogP contribution is -2.14. The number of benzene rings is 2. The summed E-state index contributed by atoms with van der Waals surface area (Å²) < 4.78 is 2.77. The van der Waals surface area contributed by atoms with Crippen LogP contribution < -0.4 is 5.32 Å². The highest BCUT2D eigenvalue weighted by atomic mass is 32.1. The van der Waals surface area contributed by atoms with E-state index in [1.807, 2.05) is 26.0 Å². The van der Waals surface area contributed by atoms with Crippen LogP contribution in [0.25, 0.3) is 26.8 Å². The molecule has 0 spiro atoms. The van der Waals surface area contributed by atoms with Crippen molar-refractivity contribution in [2.24, 2.45) is 0 Å². The van der Waals surface area contributed by atoms with Crippen molar-refractivity contribution in [2.75, 3.05) is 5.32 Å². The van der Waals surface area contributed by atoms with Gasteiger partial charge in [-0.1, -0.05) is 41.7 Å². The summed E-state index contributed by atoms with van der Waals surface area (Å²) in [6.07, 6.45) is 2.42. The molecule has 0 aliphatic carbocycles. The van der Waals surface area contributed by atoms with E-state index in [0.717, 1.165) is 37.9 Å². The summed E-state index contributed by atoms with van der Waals surface area (Å²) >= 11 is 1.49. The van der Waals surface area contributed by atoms with Crippen LogP contribution in [0.15, 0.2) is 42.7 Å². The quantitative estimate of drug-likeness (QED) is 0.490. The van der Waals surface area contributed by atoms with Crippen molar-refractivity contribution in [3.05, 3.63) is 59.7 Å². The molecule has 1 amide bonds. The Morgan fingerprint density at radius 1 is 1.14 bits per heavy atom. The third-order valence-corrected chi connectivity index (χ3v) is 6.06.